The molecule has 0 amide bonds. The van der Waals surface area contributed by atoms with Crippen molar-refractivity contribution in [1.82, 2.24) is 20.2 Å². The molecule has 3 unspecified atom stereocenters. The normalized spacial score (nSPS) is 28.3. The van der Waals surface area contributed by atoms with Crippen molar-refractivity contribution in [2.75, 3.05) is 7.05 Å². The average Bonchev–Trinajstić information content (AvgIpc) is 3.11. The monoisotopic (exact) mass is 391 g/mol. The summed E-state index contributed by atoms with van der Waals surface area (Å²) in [5.74, 6) is 1.82. The smallest absolute Gasteiger partial charge is 0.191 e. The summed E-state index contributed by atoms with van der Waals surface area (Å²) in [6.45, 7) is 0.671. The molecule has 1 aromatic heterocycles. The van der Waals surface area contributed by atoms with Crippen LogP contribution in [0.4, 0.5) is 0 Å². The number of aryl methyl sites for hydroxylation is 1. The largest absolute Gasteiger partial charge is 0.373 e. The van der Waals surface area contributed by atoms with E-state index in [-0.39, 0.29) is 24.0 Å². The molecular formula is C13H22IN5O. The molecular weight excluding hydrogens is 369 g/mol. The molecule has 2 aliphatic heterocycles. The summed E-state index contributed by atoms with van der Waals surface area (Å²) in [6.07, 6.45) is 8.02. The predicted molar refractivity (Wildman–Crippen MR) is 88.3 cm³/mol. The Morgan fingerprint density at radius 3 is 2.95 bits per heavy atom. The first kappa shape index (κ1) is 15.6. The molecule has 0 aliphatic carbocycles. The maximum Gasteiger partial charge on any atom is 0.191 e. The second-order valence-corrected chi connectivity index (χ2v) is 5.24. The van der Waals surface area contributed by atoms with Crippen molar-refractivity contribution in [3.8, 4) is 0 Å². The molecule has 3 atom stereocenters. The summed E-state index contributed by atoms with van der Waals surface area (Å²) < 4.78 is 7.84. The molecule has 6 nitrogen and oxygen atoms in total. The first-order valence-corrected chi connectivity index (χ1v) is 6.85. The lowest BCUT2D eigenvalue weighted by molar-refractivity contribution is 0.0992. The van der Waals surface area contributed by atoms with Crippen LogP contribution in [0.1, 0.15) is 25.1 Å². The van der Waals surface area contributed by atoms with E-state index < -0.39 is 0 Å². The Morgan fingerprint density at radius 2 is 2.40 bits per heavy atom. The Morgan fingerprint density at radius 1 is 1.55 bits per heavy atom. The van der Waals surface area contributed by atoms with Gasteiger partial charge in [-0.2, -0.15) is 0 Å². The van der Waals surface area contributed by atoms with Crippen molar-refractivity contribution in [3.63, 3.8) is 0 Å². The molecule has 112 valence electrons. The first-order valence-electron chi connectivity index (χ1n) is 6.85. The van der Waals surface area contributed by atoms with Gasteiger partial charge in [-0.1, -0.05) is 0 Å². The number of nitrogens with zero attached hydrogens (tertiary/aromatic N) is 3. The zero-order valence-corrected chi connectivity index (χ0v) is 14.2. The lowest BCUT2D eigenvalue weighted by atomic mass is 9.96. The number of hydrogen-bond donors (Lipinski definition) is 2. The Labute approximate surface area is 136 Å². The second-order valence-electron chi connectivity index (χ2n) is 5.24. The van der Waals surface area contributed by atoms with Crippen molar-refractivity contribution < 1.29 is 4.74 Å². The zero-order chi connectivity index (χ0) is 13.2. The van der Waals surface area contributed by atoms with E-state index in [1.807, 2.05) is 17.8 Å². The fraction of sp³-hybridized carbons (Fsp3) is 0.692. The van der Waals surface area contributed by atoms with Crippen molar-refractivity contribution >= 4 is 29.9 Å². The van der Waals surface area contributed by atoms with Gasteiger partial charge in [0.15, 0.2) is 5.96 Å². The van der Waals surface area contributed by atoms with E-state index in [0.717, 1.165) is 18.2 Å². The summed E-state index contributed by atoms with van der Waals surface area (Å²) >= 11 is 0. The van der Waals surface area contributed by atoms with Gasteiger partial charge in [0.05, 0.1) is 24.8 Å². The molecule has 7 heteroatoms. The highest BCUT2D eigenvalue weighted by molar-refractivity contribution is 14.0. The van der Waals surface area contributed by atoms with Gasteiger partial charge in [-0.05, 0) is 19.3 Å². The van der Waals surface area contributed by atoms with Gasteiger partial charge in [-0.25, -0.2) is 4.98 Å². The molecule has 1 aromatic rings. The minimum Gasteiger partial charge on any atom is -0.373 e. The maximum absolute atomic E-state index is 5.84. The van der Waals surface area contributed by atoms with E-state index >= 15 is 0 Å². The molecule has 2 bridgehead atoms. The number of halogens is 1. The SMILES string of the molecule is CN=C(NCc1nccn1C)NC1CC2CCC1O2.I. The van der Waals surface area contributed by atoms with Gasteiger partial charge < -0.3 is 19.9 Å². The highest BCUT2D eigenvalue weighted by atomic mass is 127. The predicted octanol–water partition coefficient (Wildman–Crippen LogP) is 1.02. The van der Waals surface area contributed by atoms with Crippen LogP contribution in [0.25, 0.3) is 0 Å². The molecule has 20 heavy (non-hydrogen) atoms. The number of hydrogen-bond acceptors (Lipinski definition) is 3. The van der Waals surface area contributed by atoms with Crippen LogP contribution in [-0.2, 0) is 18.3 Å². The van der Waals surface area contributed by atoms with Gasteiger partial charge in [0.2, 0.25) is 0 Å². The molecule has 3 rings (SSSR count). The van der Waals surface area contributed by atoms with Crippen molar-refractivity contribution in [2.45, 2.75) is 44.1 Å². The highest BCUT2D eigenvalue weighted by Gasteiger charge is 2.41. The van der Waals surface area contributed by atoms with Crippen molar-refractivity contribution in [3.05, 3.63) is 18.2 Å². The highest BCUT2D eigenvalue weighted by Crippen LogP contribution is 2.34. The number of guanidine groups is 1. The third kappa shape index (κ3) is 3.25. The summed E-state index contributed by atoms with van der Waals surface area (Å²) in [4.78, 5) is 8.55. The van der Waals surface area contributed by atoms with Crippen molar-refractivity contribution in [1.29, 1.82) is 0 Å². The van der Waals surface area contributed by atoms with Crippen LogP contribution in [0, 0.1) is 0 Å². The van der Waals surface area contributed by atoms with E-state index in [1.165, 1.54) is 12.8 Å². The minimum absolute atomic E-state index is 0. The number of rotatable bonds is 3. The molecule has 0 radical (unpaired) electrons. The van der Waals surface area contributed by atoms with Crippen LogP contribution in [0.15, 0.2) is 17.4 Å². The summed E-state index contributed by atoms with van der Waals surface area (Å²) in [6, 6.07) is 0.395. The fourth-order valence-corrected chi connectivity index (χ4v) is 2.89. The van der Waals surface area contributed by atoms with Gasteiger partial charge in [-0.15, -0.1) is 24.0 Å². The standard InChI is InChI=1S/C13H21N5O.HI/c1-14-13(16-8-12-15-5-6-18(12)2)17-10-7-9-3-4-11(10)19-9;/h5-6,9-11H,3-4,7-8H2,1-2H3,(H2,14,16,17);1H. The van der Waals surface area contributed by atoms with E-state index in [0.29, 0.717) is 24.8 Å². The third-order valence-electron chi connectivity index (χ3n) is 3.99. The van der Waals surface area contributed by atoms with Crippen LogP contribution < -0.4 is 10.6 Å². The Hall–Kier alpha value is -0.830. The number of aliphatic imine (C=N–C) groups is 1. The van der Waals surface area contributed by atoms with E-state index in [9.17, 15) is 0 Å². The van der Waals surface area contributed by atoms with Gasteiger partial charge in [-0.3, -0.25) is 4.99 Å². The lowest BCUT2D eigenvalue weighted by Gasteiger charge is -2.22. The van der Waals surface area contributed by atoms with Crippen LogP contribution in [-0.4, -0.2) is 40.8 Å². The second kappa shape index (κ2) is 6.75. The number of aromatic nitrogens is 2. The maximum atomic E-state index is 5.84. The molecule has 2 N–H and O–H groups in total. The van der Waals surface area contributed by atoms with Crippen LogP contribution in [0.3, 0.4) is 0 Å². The van der Waals surface area contributed by atoms with E-state index in [2.05, 4.69) is 20.6 Å². The molecule has 2 saturated heterocycles. The summed E-state index contributed by atoms with van der Waals surface area (Å²) in [5, 5.41) is 6.75. The number of ether oxygens (including phenoxy) is 1. The van der Waals surface area contributed by atoms with E-state index in [1.54, 1.807) is 13.2 Å². The summed E-state index contributed by atoms with van der Waals surface area (Å²) in [7, 11) is 3.78. The molecule has 2 aliphatic rings. The Balaban J connectivity index is 0.00000147. The van der Waals surface area contributed by atoms with Gasteiger partial charge in [0.1, 0.15) is 5.82 Å². The Kier molecular flexibility index (Phi) is 5.25. The molecule has 0 spiro atoms. The van der Waals surface area contributed by atoms with Crippen LogP contribution in [0.2, 0.25) is 0 Å². The molecule has 3 heterocycles. The number of nitrogens with one attached hydrogen (secondary N) is 2. The minimum atomic E-state index is 0. The zero-order valence-electron chi connectivity index (χ0n) is 11.9. The van der Waals surface area contributed by atoms with Crippen LogP contribution >= 0.6 is 24.0 Å². The first-order chi connectivity index (χ1) is 9.26. The van der Waals surface area contributed by atoms with Crippen LogP contribution in [0.5, 0.6) is 0 Å². The number of imidazole rings is 1. The van der Waals surface area contributed by atoms with Gasteiger partial charge >= 0.3 is 0 Å². The average molecular weight is 391 g/mol. The topological polar surface area (TPSA) is 63.5 Å². The van der Waals surface area contributed by atoms with Gasteiger partial charge in [0.25, 0.3) is 0 Å². The molecule has 0 aromatic carbocycles. The van der Waals surface area contributed by atoms with E-state index in [4.69, 9.17) is 4.74 Å². The lowest BCUT2D eigenvalue weighted by Crippen LogP contribution is -2.47. The number of fused-ring (bicyclic) bond motifs is 2. The Bertz CT molecular complexity index is 475. The third-order valence-corrected chi connectivity index (χ3v) is 3.99. The summed E-state index contributed by atoms with van der Waals surface area (Å²) in [5.41, 5.74) is 0. The fourth-order valence-electron chi connectivity index (χ4n) is 2.89. The molecule has 0 saturated carbocycles. The van der Waals surface area contributed by atoms with Crippen molar-refractivity contribution in [2.24, 2.45) is 12.0 Å². The quantitative estimate of drug-likeness (QED) is 0.459. The van der Waals surface area contributed by atoms with Gasteiger partial charge in [0, 0.05) is 26.5 Å². The molecule has 2 fully saturated rings.